The largest absolute Gasteiger partial charge is 0.332 e. The van der Waals surface area contributed by atoms with Crippen molar-refractivity contribution in [1.82, 2.24) is 24.5 Å². The van der Waals surface area contributed by atoms with Gasteiger partial charge in [-0.3, -0.25) is 4.79 Å². The molecule has 0 aliphatic carbocycles. The van der Waals surface area contributed by atoms with Crippen LogP contribution in [0.3, 0.4) is 0 Å². The molecule has 1 aliphatic heterocycles. The molecular weight excluding hydrogens is 430 g/mol. The number of carbonyl (C=O) groups excluding carboxylic acids is 1. The van der Waals surface area contributed by atoms with E-state index in [0.717, 1.165) is 17.0 Å². The van der Waals surface area contributed by atoms with Gasteiger partial charge in [0.05, 0.1) is 22.3 Å². The maximum atomic E-state index is 14.5. The van der Waals surface area contributed by atoms with E-state index in [-0.39, 0.29) is 22.2 Å². The number of likely N-dealkylation sites (tertiary alicyclic amines) is 1. The van der Waals surface area contributed by atoms with E-state index in [1.807, 2.05) is 0 Å². The van der Waals surface area contributed by atoms with Crippen LogP contribution >= 0.6 is 23.2 Å². The molecule has 1 aromatic carbocycles. The molecule has 1 atom stereocenters. The Morgan fingerprint density at radius 1 is 1.24 bits per heavy atom. The van der Waals surface area contributed by atoms with E-state index < -0.39 is 36.5 Å². The Morgan fingerprint density at radius 2 is 1.93 bits per heavy atom. The van der Waals surface area contributed by atoms with Crippen molar-refractivity contribution in [2.75, 3.05) is 13.1 Å². The van der Waals surface area contributed by atoms with E-state index in [2.05, 4.69) is 15.1 Å². The van der Waals surface area contributed by atoms with Gasteiger partial charge in [-0.05, 0) is 25.1 Å². The van der Waals surface area contributed by atoms with Crippen molar-refractivity contribution in [1.29, 1.82) is 0 Å². The fourth-order valence-corrected chi connectivity index (χ4v) is 4.05. The molecule has 1 amide bonds. The SMILES string of the molecule is Cc1cc([C@@H]2CN(C(=O)c3cc(Cl)c(F)c(Cl)c3)CC(F)(F)C2)n2ncnc2n1. The molecule has 4 rings (SSSR count). The molecule has 11 heteroatoms. The molecule has 1 aliphatic rings. The maximum absolute atomic E-state index is 14.5. The summed E-state index contributed by atoms with van der Waals surface area (Å²) in [6, 6.07) is 3.82. The van der Waals surface area contributed by atoms with E-state index in [0.29, 0.717) is 17.2 Å². The number of nitrogens with zero attached hydrogens (tertiary/aromatic N) is 5. The summed E-state index contributed by atoms with van der Waals surface area (Å²) in [6.45, 7) is 0.976. The lowest BCUT2D eigenvalue weighted by molar-refractivity contribution is -0.0641. The van der Waals surface area contributed by atoms with Crippen molar-refractivity contribution in [3.63, 3.8) is 0 Å². The highest BCUT2D eigenvalue weighted by atomic mass is 35.5. The highest BCUT2D eigenvalue weighted by molar-refractivity contribution is 6.35. The third kappa shape index (κ3) is 3.76. The normalized spacial score (nSPS) is 19.0. The number of hydrogen-bond donors (Lipinski definition) is 0. The predicted octanol–water partition coefficient (Wildman–Crippen LogP) is 4.14. The van der Waals surface area contributed by atoms with Gasteiger partial charge in [0, 0.05) is 30.1 Å². The zero-order valence-electron chi connectivity index (χ0n) is 15.0. The predicted molar refractivity (Wildman–Crippen MR) is 100 cm³/mol. The van der Waals surface area contributed by atoms with Gasteiger partial charge in [-0.2, -0.15) is 10.1 Å². The van der Waals surface area contributed by atoms with Crippen LogP contribution in [0.4, 0.5) is 13.2 Å². The third-order valence-electron chi connectivity index (χ3n) is 4.75. The monoisotopic (exact) mass is 443 g/mol. The number of piperidine rings is 1. The molecule has 0 unspecified atom stereocenters. The van der Waals surface area contributed by atoms with Gasteiger partial charge >= 0.3 is 0 Å². The summed E-state index contributed by atoms with van der Waals surface area (Å²) in [4.78, 5) is 22.1. The Kier molecular flexibility index (Phi) is 4.90. The molecular formula is C18H14Cl2F3N5O. The van der Waals surface area contributed by atoms with E-state index >= 15 is 0 Å². The first-order chi connectivity index (χ1) is 13.6. The van der Waals surface area contributed by atoms with Crippen molar-refractivity contribution in [3.8, 4) is 0 Å². The van der Waals surface area contributed by atoms with Gasteiger partial charge in [-0.1, -0.05) is 23.2 Å². The average Bonchev–Trinajstić information content (AvgIpc) is 3.11. The Balaban J connectivity index is 1.71. The highest BCUT2D eigenvalue weighted by Crippen LogP contribution is 2.37. The number of alkyl halides is 2. The third-order valence-corrected chi connectivity index (χ3v) is 5.30. The average molecular weight is 444 g/mol. The van der Waals surface area contributed by atoms with E-state index in [1.165, 1.54) is 10.8 Å². The van der Waals surface area contributed by atoms with Gasteiger partial charge in [0.1, 0.15) is 6.33 Å². The number of benzene rings is 1. The standard InChI is InChI=1S/C18H14Cl2F3N5O/c1-9-2-14(28-17(26-9)24-8-25-28)11-5-18(22,23)7-27(6-11)16(29)10-3-12(19)15(21)13(20)4-10/h2-4,8,11H,5-7H2,1H3/t11-/m0/s1. The van der Waals surface area contributed by atoms with Crippen LogP contribution in [0.5, 0.6) is 0 Å². The van der Waals surface area contributed by atoms with Crippen molar-refractivity contribution >= 4 is 34.9 Å². The van der Waals surface area contributed by atoms with Crippen LogP contribution in [0.15, 0.2) is 24.5 Å². The molecule has 6 nitrogen and oxygen atoms in total. The summed E-state index contributed by atoms with van der Waals surface area (Å²) in [6.07, 6.45) is 0.831. The molecule has 1 saturated heterocycles. The number of fused-ring (bicyclic) bond motifs is 1. The second-order valence-electron chi connectivity index (χ2n) is 6.99. The van der Waals surface area contributed by atoms with Crippen molar-refractivity contribution < 1.29 is 18.0 Å². The number of halogens is 5. The molecule has 0 saturated carbocycles. The summed E-state index contributed by atoms with van der Waals surface area (Å²) in [5, 5.41) is 3.36. The molecule has 0 radical (unpaired) electrons. The van der Waals surface area contributed by atoms with Gasteiger partial charge in [-0.15, -0.1) is 0 Å². The summed E-state index contributed by atoms with van der Waals surface area (Å²) < 4.78 is 44.1. The second kappa shape index (κ2) is 7.14. The minimum atomic E-state index is -3.13. The summed E-state index contributed by atoms with van der Waals surface area (Å²) in [7, 11) is 0. The highest BCUT2D eigenvalue weighted by Gasteiger charge is 2.43. The van der Waals surface area contributed by atoms with Gasteiger partial charge in [0.25, 0.3) is 17.6 Å². The Hall–Kier alpha value is -2.39. The Morgan fingerprint density at radius 3 is 2.62 bits per heavy atom. The van der Waals surface area contributed by atoms with E-state index in [9.17, 15) is 18.0 Å². The lowest BCUT2D eigenvalue weighted by Gasteiger charge is -2.37. The maximum Gasteiger partial charge on any atom is 0.266 e. The zero-order valence-corrected chi connectivity index (χ0v) is 16.6. The lowest BCUT2D eigenvalue weighted by Crippen LogP contribution is -2.49. The summed E-state index contributed by atoms with van der Waals surface area (Å²) >= 11 is 11.5. The molecule has 2 aromatic heterocycles. The van der Waals surface area contributed by atoms with Gasteiger partial charge in [0.15, 0.2) is 5.82 Å². The van der Waals surface area contributed by atoms with E-state index in [4.69, 9.17) is 23.2 Å². The topological polar surface area (TPSA) is 63.4 Å². The van der Waals surface area contributed by atoms with Crippen molar-refractivity contribution in [2.45, 2.75) is 25.2 Å². The van der Waals surface area contributed by atoms with Gasteiger partial charge in [0.2, 0.25) is 0 Å². The number of aromatic nitrogens is 4. The van der Waals surface area contributed by atoms with Crippen LogP contribution < -0.4 is 0 Å². The number of rotatable bonds is 2. The van der Waals surface area contributed by atoms with Crippen molar-refractivity contribution in [2.24, 2.45) is 0 Å². The van der Waals surface area contributed by atoms with Crippen LogP contribution in [0.1, 0.15) is 34.1 Å². The quantitative estimate of drug-likeness (QED) is 0.558. The number of carbonyl (C=O) groups is 1. The number of amides is 1. The fourth-order valence-electron chi connectivity index (χ4n) is 3.56. The summed E-state index contributed by atoms with van der Waals surface area (Å²) in [5.41, 5.74) is 1.02. The van der Waals surface area contributed by atoms with E-state index in [1.54, 1.807) is 13.0 Å². The molecule has 0 N–H and O–H groups in total. The number of aryl methyl sites for hydroxylation is 1. The molecule has 152 valence electrons. The Bertz CT molecular complexity index is 1100. The molecule has 3 heterocycles. The summed E-state index contributed by atoms with van der Waals surface area (Å²) in [5.74, 6) is -5.12. The molecule has 1 fully saturated rings. The van der Waals surface area contributed by atoms with Gasteiger partial charge < -0.3 is 4.90 Å². The van der Waals surface area contributed by atoms with Crippen LogP contribution in [0, 0.1) is 12.7 Å². The van der Waals surface area contributed by atoms with Crippen LogP contribution in [-0.4, -0.2) is 49.4 Å². The fraction of sp³-hybridized carbons (Fsp3) is 0.333. The Labute approximate surface area is 173 Å². The minimum Gasteiger partial charge on any atom is -0.332 e. The lowest BCUT2D eigenvalue weighted by atomic mass is 9.91. The zero-order chi connectivity index (χ0) is 20.9. The van der Waals surface area contributed by atoms with Crippen LogP contribution in [-0.2, 0) is 0 Å². The molecule has 0 bridgehead atoms. The molecule has 29 heavy (non-hydrogen) atoms. The first-order valence-corrected chi connectivity index (χ1v) is 9.39. The smallest absolute Gasteiger partial charge is 0.266 e. The van der Waals surface area contributed by atoms with Crippen molar-refractivity contribution in [3.05, 3.63) is 57.3 Å². The number of hydrogen-bond acceptors (Lipinski definition) is 4. The molecule has 3 aromatic rings. The first-order valence-electron chi connectivity index (χ1n) is 8.63. The van der Waals surface area contributed by atoms with Gasteiger partial charge in [-0.25, -0.2) is 22.7 Å². The van der Waals surface area contributed by atoms with Crippen LogP contribution in [0.2, 0.25) is 10.0 Å². The minimum absolute atomic E-state index is 0.0133. The molecule has 0 spiro atoms. The second-order valence-corrected chi connectivity index (χ2v) is 7.81. The first kappa shape index (κ1) is 19.9. The van der Waals surface area contributed by atoms with Crippen LogP contribution in [0.25, 0.3) is 5.78 Å².